The van der Waals surface area contributed by atoms with E-state index in [1.54, 1.807) is 42.5 Å². The predicted octanol–water partition coefficient (Wildman–Crippen LogP) is 8.71. The molecular formula is C43H45N3O7. The third-order valence-corrected chi connectivity index (χ3v) is 8.14. The van der Waals surface area contributed by atoms with E-state index in [0.29, 0.717) is 80.5 Å². The molecule has 0 saturated carbocycles. The number of ketones is 1. The maximum Gasteiger partial charge on any atom is 0.407 e. The number of alkyl carbamates (subject to hydrolysis) is 1. The number of hydrogen-bond acceptors (Lipinski definition) is 8. The summed E-state index contributed by atoms with van der Waals surface area (Å²) < 4.78 is 22.9. The normalized spacial score (nSPS) is 10.6. The molecule has 0 fully saturated rings. The number of unbranched alkanes of at least 4 members (excludes halogenated alkanes) is 2. The van der Waals surface area contributed by atoms with Crippen molar-refractivity contribution in [2.24, 2.45) is 5.73 Å². The zero-order valence-electron chi connectivity index (χ0n) is 29.6. The molecule has 0 aromatic heterocycles. The summed E-state index contributed by atoms with van der Waals surface area (Å²) in [7, 11) is 0. The summed E-state index contributed by atoms with van der Waals surface area (Å²) in [4.78, 5) is 38.9. The van der Waals surface area contributed by atoms with E-state index in [-0.39, 0.29) is 24.4 Å². The van der Waals surface area contributed by atoms with Crippen LogP contribution in [0, 0.1) is 0 Å². The van der Waals surface area contributed by atoms with Crippen LogP contribution in [0.15, 0.2) is 127 Å². The van der Waals surface area contributed by atoms with Crippen LogP contribution in [0.1, 0.15) is 63.9 Å². The number of hydrogen-bond donors (Lipinski definition) is 3. The van der Waals surface area contributed by atoms with Gasteiger partial charge in [0, 0.05) is 24.2 Å². The second-order valence-electron chi connectivity index (χ2n) is 12.2. The van der Waals surface area contributed by atoms with E-state index in [4.69, 9.17) is 24.7 Å². The molecule has 53 heavy (non-hydrogen) atoms. The Labute approximate surface area is 310 Å². The third-order valence-electron chi connectivity index (χ3n) is 8.14. The molecule has 0 aliphatic rings. The molecule has 4 N–H and O–H groups in total. The number of amides is 2. The lowest BCUT2D eigenvalue weighted by atomic mass is 9.98. The molecule has 274 valence electrons. The Bertz CT molecular complexity index is 1880. The molecule has 0 aliphatic heterocycles. The van der Waals surface area contributed by atoms with Gasteiger partial charge >= 0.3 is 6.09 Å². The number of ether oxygens (including phenoxy) is 4. The van der Waals surface area contributed by atoms with Crippen LogP contribution in [0.5, 0.6) is 23.0 Å². The van der Waals surface area contributed by atoms with Gasteiger partial charge in [-0.05, 0) is 104 Å². The Morgan fingerprint density at radius 2 is 1.21 bits per heavy atom. The van der Waals surface area contributed by atoms with Crippen molar-refractivity contribution in [3.63, 3.8) is 0 Å². The minimum atomic E-state index is -0.480. The minimum absolute atomic E-state index is 0.154. The van der Waals surface area contributed by atoms with Crippen LogP contribution in [0.25, 0.3) is 0 Å². The van der Waals surface area contributed by atoms with Gasteiger partial charge in [-0.25, -0.2) is 4.79 Å². The van der Waals surface area contributed by atoms with E-state index in [1.807, 2.05) is 84.9 Å². The Morgan fingerprint density at radius 1 is 0.585 bits per heavy atom. The van der Waals surface area contributed by atoms with Crippen molar-refractivity contribution in [1.29, 1.82) is 0 Å². The van der Waals surface area contributed by atoms with E-state index in [1.165, 1.54) is 0 Å². The van der Waals surface area contributed by atoms with Crippen LogP contribution in [0.2, 0.25) is 0 Å². The van der Waals surface area contributed by atoms with Gasteiger partial charge in [0.05, 0.1) is 12.2 Å². The molecule has 0 saturated heterocycles. The molecule has 5 aromatic rings. The highest BCUT2D eigenvalue weighted by molar-refractivity contribution is 6.13. The molecule has 0 bridgehead atoms. The highest BCUT2D eigenvalue weighted by Gasteiger charge is 2.19. The van der Waals surface area contributed by atoms with Crippen LogP contribution < -0.4 is 30.6 Å². The first kappa shape index (κ1) is 38.1. The van der Waals surface area contributed by atoms with Crippen molar-refractivity contribution >= 4 is 23.5 Å². The number of anilines is 1. The largest absolute Gasteiger partial charge is 0.494 e. The summed E-state index contributed by atoms with van der Waals surface area (Å²) in [5.74, 6) is 1.85. The highest BCUT2D eigenvalue weighted by Crippen LogP contribution is 2.27. The molecule has 5 aromatic carbocycles. The third kappa shape index (κ3) is 12.9. The molecule has 2 amide bonds. The van der Waals surface area contributed by atoms with Gasteiger partial charge in [-0.1, -0.05) is 67.1 Å². The first-order valence-corrected chi connectivity index (χ1v) is 17.8. The van der Waals surface area contributed by atoms with E-state index >= 15 is 0 Å². The predicted molar refractivity (Wildman–Crippen MR) is 205 cm³/mol. The first-order chi connectivity index (χ1) is 26.0. The maximum absolute atomic E-state index is 13.6. The van der Waals surface area contributed by atoms with Crippen molar-refractivity contribution in [3.8, 4) is 23.0 Å². The Kier molecular flexibility index (Phi) is 14.9. The van der Waals surface area contributed by atoms with Crippen molar-refractivity contribution in [1.82, 2.24) is 5.32 Å². The average Bonchev–Trinajstić information content (AvgIpc) is 3.19. The van der Waals surface area contributed by atoms with Crippen LogP contribution in [-0.2, 0) is 18.0 Å². The van der Waals surface area contributed by atoms with E-state index in [2.05, 4.69) is 10.6 Å². The molecule has 0 radical (unpaired) electrons. The molecular weight excluding hydrogens is 670 g/mol. The van der Waals surface area contributed by atoms with Crippen molar-refractivity contribution in [2.75, 3.05) is 25.0 Å². The summed E-state index contributed by atoms with van der Waals surface area (Å²) in [6.45, 7) is 1.98. The number of carbonyl (C=O) groups is 3. The molecule has 0 aliphatic carbocycles. The second-order valence-corrected chi connectivity index (χ2v) is 12.2. The Hall–Kier alpha value is -6.13. The van der Waals surface area contributed by atoms with Crippen LogP contribution in [0.3, 0.4) is 0 Å². The smallest absolute Gasteiger partial charge is 0.407 e. The lowest BCUT2D eigenvalue weighted by molar-refractivity contribution is 0.0961. The molecule has 0 heterocycles. The number of benzene rings is 5. The fourth-order valence-electron chi connectivity index (χ4n) is 5.29. The van der Waals surface area contributed by atoms with Gasteiger partial charge < -0.3 is 35.3 Å². The molecule has 0 spiro atoms. The quantitative estimate of drug-likeness (QED) is 0.0538. The summed E-state index contributed by atoms with van der Waals surface area (Å²) >= 11 is 0. The minimum Gasteiger partial charge on any atom is -0.494 e. The van der Waals surface area contributed by atoms with Gasteiger partial charge in [0.25, 0.3) is 5.91 Å². The highest BCUT2D eigenvalue weighted by atomic mass is 16.5. The molecule has 10 heteroatoms. The van der Waals surface area contributed by atoms with Crippen molar-refractivity contribution < 1.29 is 33.3 Å². The Morgan fingerprint density at radius 3 is 1.89 bits per heavy atom. The van der Waals surface area contributed by atoms with Crippen LogP contribution in [0.4, 0.5) is 10.5 Å². The summed E-state index contributed by atoms with van der Waals surface area (Å²) in [6.07, 6.45) is 2.42. The van der Waals surface area contributed by atoms with E-state index in [0.717, 1.165) is 16.9 Å². The standard InChI is InChI=1S/C43H45N3O7/c44-26-10-28-50-38-24-25-39(41(47)15-8-3-9-27-45-43(49)52-31-33-13-6-2-7-14-33)40(29-38)42(48)46-34-16-18-36(19-17-34)53-37-22-20-35(21-23-37)51-30-32-11-4-1-5-12-32/h1-2,4-7,11-14,16-25,29H,3,8-10,15,26-28,30-31,44H2,(H,45,49)(H,46,48). The fraction of sp³-hybridized carbons (Fsp3) is 0.233. The van der Waals surface area contributed by atoms with Crippen LogP contribution in [-0.4, -0.2) is 37.5 Å². The number of Topliss-reactive ketones (excluding diaryl/α,β-unsaturated/α-hetero) is 1. The van der Waals surface area contributed by atoms with Gasteiger partial charge in [-0.15, -0.1) is 0 Å². The van der Waals surface area contributed by atoms with Gasteiger partial charge in [0.2, 0.25) is 0 Å². The summed E-state index contributed by atoms with van der Waals surface area (Å²) in [5.41, 5.74) is 8.68. The Balaban J connectivity index is 1.11. The zero-order chi connectivity index (χ0) is 37.1. The van der Waals surface area contributed by atoms with Gasteiger partial charge in [-0.2, -0.15) is 0 Å². The van der Waals surface area contributed by atoms with E-state index < -0.39 is 12.0 Å². The second kappa shape index (κ2) is 20.7. The van der Waals surface area contributed by atoms with Crippen molar-refractivity contribution in [3.05, 3.63) is 150 Å². The number of nitrogens with one attached hydrogen (secondary N) is 2. The average molecular weight is 716 g/mol. The molecule has 0 atom stereocenters. The number of rotatable bonds is 20. The number of nitrogens with two attached hydrogens (primary N) is 1. The summed E-state index contributed by atoms with van der Waals surface area (Å²) in [6, 6.07) is 38.7. The maximum atomic E-state index is 13.6. The topological polar surface area (TPSA) is 138 Å². The summed E-state index contributed by atoms with van der Waals surface area (Å²) in [5, 5.41) is 5.64. The van der Waals surface area contributed by atoms with Gasteiger partial charge in [-0.3, -0.25) is 9.59 Å². The fourth-order valence-corrected chi connectivity index (χ4v) is 5.29. The SMILES string of the molecule is NCCCOc1ccc(C(=O)CCCCCNC(=O)OCc2ccccc2)c(C(=O)Nc2ccc(Oc3ccc(OCc4ccccc4)cc3)cc2)c1. The van der Waals surface area contributed by atoms with Gasteiger partial charge in [0.15, 0.2) is 5.78 Å². The van der Waals surface area contributed by atoms with E-state index in [9.17, 15) is 14.4 Å². The lowest BCUT2D eigenvalue weighted by Gasteiger charge is -2.13. The zero-order valence-corrected chi connectivity index (χ0v) is 29.6. The molecule has 5 rings (SSSR count). The lowest BCUT2D eigenvalue weighted by Crippen LogP contribution is -2.25. The number of carbonyl (C=O) groups excluding carboxylic acids is 3. The van der Waals surface area contributed by atoms with Crippen LogP contribution >= 0.6 is 0 Å². The molecule has 0 unspecified atom stereocenters. The van der Waals surface area contributed by atoms with Gasteiger partial charge in [0.1, 0.15) is 36.2 Å². The first-order valence-electron chi connectivity index (χ1n) is 17.8. The monoisotopic (exact) mass is 715 g/mol. The van der Waals surface area contributed by atoms with Crippen molar-refractivity contribution in [2.45, 2.75) is 45.3 Å². The molecule has 10 nitrogen and oxygen atoms in total.